The molecule has 0 atom stereocenters. The van der Waals surface area contributed by atoms with Crippen LogP contribution >= 0.6 is 12.2 Å². The molecule has 2 heterocycles. The van der Waals surface area contributed by atoms with Crippen LogP contribution < -0.4 is 15.0 Å². The molecule has 1 aliphatic heterocycles. The molecule has 3 aromatic rings. The fraction of sp³-hybridized carbons (Fsp3) is 0.240. The van der Waals surface area contributed by atoms with Gasteiger partial charge in [0.2, 0.25) is 0 Å². The molecule has 2 aromatic carbocycles. The summed E-state index contributed by atoms with van der Waals surface area (Å²) in [4.78, 5) is 14.8. The van der Waals surface area contributed by atoms with Crippen molar-refractivity contribution in [3.05, 3.63) is 82.3 Å². The summed E-state index contributed by atoms with van der Waals surface area (Å²) in [7, 11) is 1.65. The molecule has 0 unspecified atom stereocenters. The Hall–Kier alpha value is -3.45. The lowest BCUT2D eigenvalue weighted by Gasteiger charge is -2.17. The quantitative estimate of drug-likeness (QED) is 0.450. The van der Waals surface area contributed by atoms with Crippen LogP contribution in [0, 0.1) is 13.8 Å². The molecule has 0 saturated carbocycles. The molecule has 1 amide bonds. The molecule has 1 aromatic heterocycles. The molecule has 0 bridgehead atoms. The highest BCUT2D eigenvalue weighted by Crippen LogP contribution is 2.28. The summed E-state index contributed by atoms with van der Waals surface area (Å²) in [6.45, 7) is 6.65. The number of carbonyl (C=O) groups is 1. The van der Waals surface area contributed by atoms with Gasteiger partial charge < -0.3 is 10.1 Å². The lowest BCUT2D eigenvalue weighted by atomic mass is 10.1. The number of carbonyl (C=O) groups excluding carboxylic acids is 1. The van der Waals surface area contributed by atoms with Crippen LogP contribution in [0.25, 0.3) is 6.08 Å². The Kier molecular flexibility index (Phi) is 6.10. The number of aryl methyl sites for hydroxylation is 3. The second kappa shape index (κ2) is 8.96. The van der Waals surface area contributed by atoms with Crippen molar-refractivity contribution in [3.8, 4) is 5.75 Å². The average Bonchev–Trinajstić information content (AvgIpc) is 3.24. The first-order valence-electron chi connectivity index (χ1n) is 10.5. The number of para-hydroxylation sites is 1. The molecule has 4 rings (SSSR count). The van der Waals surface area contributed by atoms with Gasteiger partial charge in [-0.25, -0.2) is 0 Å². The second-order valence-corrected chi connectivity index (χ2v) is 8.15. The van der Waals surface area contributed by atoms with Crippen LogP contribution in [0.15, 0.2) is 54.2 Å². The number of thiocarbonyl (C=S) groups is 1. The van der Waals surface area contributed by atoms with E-state index < -0.39 is 0 Å². The Morgan fingerprint density at radius 2 is 1.91 bits per heavy atom. The van der Waals surface area contributed by atoms with Crippen LogP contribution in [-0.4, -0.2) is 27.9 Å². The number of anilines is 1. The number of nitrogens with one attached hydrogen (secondary N) is 1. The average molecular weight is 447 g/mol. The molecule has 6 nitrogen and oxygen atoms in total. The van der Waals surface area contributed by atoms with Crippen LogP contribution in [0.5, 0.6) is 5.75 Å². The summed E-state index contributed by atoms with van der Waals surface area (Å²) >= 11 is 5.49. The first-order chi connectivity index (χ1) is 15.4. The molecule has 32 heavy (non-hydrogen) atoms. The number of hydrogen-bond donors (Lipinski definition) is 1. The van der Waals surface area contributed by atoms with Gasteiger partial charge in [0.05, 0.1) is 25.0 Å². The number of aromatic nitrogens is 2. The lowest BCUT2D eigenvalue weighted by Crippen LogP contribution is -2.31. The number of methoxy groups -OCH3 is 1. The van der Waals surface area contributed by atoms with Crippen molar-refractivity contribution in [1.29, 1.82) is 0 Å². The Bertz CT molecular complexity index is 1230. The highest BCUT2D eigenvalue weighted by atomic mass is 32.1. The predicted octanol–water partition coefficient (Wildman–Crippen LogP) is 4.38. The lowest BCUT2D eigenvalue weighted by molar-refractivity contribution is -0.113. The molecule has 1 fully saturated rings. The van der Waals surface area contributed by atoms with E-state index in [-0.39, 0.29) is 5.91 Å². The summed E-state index contributed by atoms with van der Waals surface area (Å²) in [6.07, 6.45) is 2.64. The van der Waals surface area contributed by atoms with Gasteiger partial charge >= 0.3 is 0 Å². The zero-order valence-electron chi connectivity index (χ0n) is 18.7. The van der Waals surface area contributed by atoms with E-state index in [1.54, 1.807) is 12.0 Å². The van der Waals surface area contributed by atoms with Gasteiger partial charge in [-0.05, 0) is 74.0 Å². The molecule has 164 valence electrons. The van der Waals surface area contributed by atoms with Crippen LogP contribution in [0.1, 0.15) is 35.0 Å². The van der Waals surface area contributed by atoms with E-state index in [2.05, 4.69) is 17.3 Å². The molecular weight excluding hydrogens is 420 g/mol. The van der Waals surface area contributed by atoms with Gasteiger partial charge in [-0.2, -0.15) is 5.10 Å². The van der Waals surface area contributed by atoms with Crippen LogP contribution in [0.2, 0.25) is 0 Å². The monoisotopic (exact) mass is 446 g/mol. The van der Waals surface area contributed by atoms with E-state index in [4.69, 9.17) is 17.0 Å². The SMILES string of the molecule is CCc1ccccc1N1C(=O)/C(=C\c2ccc(OC)c(Cn3nc(C)cc3C)c2)NC1=S. The Balaban J connectivity index is 1.66. The summed E-state index contributed by atoms with van der Waals surface area (Å²) in [5, 5.41) is 8.02. The van der Waals surface area contributed by atoms with Gasteiger partial charge in [-0.15, -0.1) is 0 Å². The fourth-order valence-electron chi connectivity index (χ4n) is 3.96. The smallest absolute Gasteiger partial charge is 0.281 e. The number of ether oxygens (including phenoxy) is 1. The fourth-order valence-corrected chi connectivity index (χ4v) is 4.25. The summed E-state index contributed by atoms with van der Waals surface area (Å²) < 4.78 is 7.50. The van der Waals surface area contributed by atoms with Gasteiger partial charge in [0.15, 0.2) is 5.11 Å². The number of hydrogen-bond acceptors (Lipinski definition) is 4. The third-order valence-electron chi connectivity index (χ3n) is 5.53. The number of benzene rings is 2. The third kappa shape index (κ3) is 4.16. The maximum atomic E-state index is 13.2. The predicted molar refractivity (Wildman–Crippen MR) is 131 cm³/mol. The van der Waals surface area contributed by atoms with Crippen molar-refractivity contribution < 1.29 is 9.53 Å². The molecule has 1 N–H and O–H groups in total. The molecule has 0 radical (unpaired) electrons. The minimum absolute atomic E-state index is 0.160. The van der Waals surface area contributed by atoms with Crippen LogP contribution in [0.4, 0.5) is 5.69 Å². The van der Waals surface area contributed by atoms with Gasteiger partial charge in [0.25, 0.3) is 5.91 Å². The van der Waals surface area contributed by atoms with Gasteiger partial charge in [0, 0.05) is 11.3 Å². The number of amides is 1. The second-order valence-electron chi connectivity index (χ2n) is 7.77. The molecule has 7 heteroatoms. The maximum Gasteiger partial charge on any atom is 0.281 e. The van der Waals surface area contributed by atoms with Crippen molar-refractivity contribution in [2.45, 2.75) is 33.7 Å². The minimum atomic E-state index is -0.160. The maximum absolute atomic E-state index is 13.2. The molecular formula is C25H26N4O2S. The Labute approximate surface area is 193 Å². The zero-order valence-corrected chi connectivity index (χ0v) is 19.5. The van der Waals surface area contributed by atoms with Crippen molar-refractivity contribution in [1.82, 2.24) is 15.1 Å². The minimum Gasteiger partial charge on any atom is -0.496 e. The number of rotatable bonds is 6. The topological polar surface area (TPSA) is 59.4 Å². The molecule has 1 saturated heterocycles. The Morgan fingerprint density at radius 3 is 2.59 bits per heavy atom. The van der Waals surface area contributed by atoms with Crippen molar-refractivity contribution >= 4 is 35.0 Å². The summed E-state index contributed by atoms with van der Waals surface area (Å²) in [6, 6.07) is 15.7. The van der Waals surface area contributed by atoms with E-state index in [1.807, 2.05) is 73.1 Å². The molecule has 0 spiro atoms. The normalized spacial score (nSPS) is 14.9. The largest absolute Gasteiger partial charge is 0.496 e. The third-order valence-corrected chi connectivity index (χ3v) is 5.82. The van der Waals surface area contributed by atoms with E-state index in [1.165, 1.54) is 0 Å². The van der Waals surface area contributed by atoms with Gasteiger partial charge in [-0.1, -0.05) is 31.2 Å². The van der Waals surface area contributed by atoms with E-state index >= 15 is 0 Å². The van der Waals surface area contributed by atoms with Crippen molar-refractivity contribution in [3.63, 3.8) is 0 Å². The van der Waals surface area contributed by atoms with Gasteiger partial charge in [0.1, 0.15) is 11.4 Å². The molecule has 0 aliphatic carbocycles. The van der Waals surface area contributed by atoms with Crippen molar-refractivity contribution in [2.75, 3.05) is 12.0 Å². The first kappa shape index (κ1) is 21.8. The van der Waals surface area contributed by atoms with E-state index in [9.17, 15) is 4.79 Å². The highest BCUT2D eigenvalue weighted by molar-refractivity contribution is 7.80. The van der Waals surface area contributed by atoms with E-state index in [0.717, 1.165) is 45.9 Å². The van der Waals surface area contributed by atoms with Crippen LogP contribution in [-0.2, 0) is 17.8 Å². The highest BCUT2D eigenvalue weighted by Gasteiger charge is 2.33. The number of nitrogens with zero attached hydrogens (tertiary/aromatic N) is 3. The van der Waals surface area contributed by atoms with E-state index in [0.29, 0.717) is 17.4 Å². The summed E-state index contributed by atoms with van der Waals surface area (Å²) in [5.41, 5.74) is 6.26. The summed E-state index contributed by atoms with van der Waals surface area (Å²) in [5.74, 6) is 0.617. The standard InChI is InChI=1S/C25H26N4O2S/c1-5-19-8-6-7-9-22(19)29-24(30)21(26-25(29)32)14-18-10-11-23(31-4)20(13-18)15-28-17(3)12-16(2)27-28/h6-14H,5,15H2,1-4H3,(H,26,32)/b21-14+. The van der Waals surface area contributed by atoms with Crippen LogP contribution in [0.3, 0.4) is 0 Å². The van der Waals surface area contributed by atoms with Crippen molar-refractivity contribution in [2.24, 2.45) is 0 Å². The first-order valence-corrected chi connectivity index (χ1v) is 10.9. The Morgan fingerprint density at radius 1 is 1.12 bits per heavy atom. The van der Waals surface area contributed by atoms with Gasteiger partial charge in [-0.3, -0.25) is 14.4 Å². The molecule has 1 aliphatic rings. The zero-order chi connectivity index (χ0) is 22.8.